The van der Waals surface area contributed by atoms with Crippen LogP contribution in [-0.4, -0.2) is 4.98 Å². The lowest BCUT2D eigenvalue weighted by Crippen LogP contribution is -2.16. The van der Waals surface area contributed by atoms with Crippen molar-refractivity contribution < 1.29 is 0 Å². The average Bonchev–Trinajstić information content (AvgIpc) is 2.98. The lowest BCUT2D eigenvalue weighted by Gasteiger charge is -2.05. The predicted molar refractivity (Wildman–Crippen MR) is 56.5 cm³/mol. The second-order valence-corrected chi connectivity index (χ2v) is 3.90. The number of aromatic nitrogens is 1. The molecule has 15 heavy (non-hydrogen) atoms. The summed E-state index contributed by atoms with van der Waals surface area (Å²) in [4.78, 5) is 14.5. The molecule has 0 aromatic carbocycles. The third-order valence-electron chi connectivity index (χ3n) is 2.63. The largest absolute Gasteiger partial charge is 0.326 e. The molecular weight excluding hydrogens is 192 g/mol. The number of nitrogens with zero attached hydrogens (tertiary/aromatic N) is 2. The van der Waals surface area contributed by atoms with Gasteiger partial charge in [-0.05, 0) is 37.3 Å². The van der Waals surface area contributed by atoms with Gasteiger partial charge in [0.1, 0.15) is 0 Å². The molecule has 1 aliphatic rings. The quantitative estimate of drug-likeness (QED) is 0.445. The standard InChI is InChI=1S/C10H14N4O/c1-6-4-8(7-2-3-7)9(5-12-14-11)10(15)13-6/h4,7H,2-3,5H2,1H3,(H2,11,12)(H,13,15). The molecule has 0 unspecified atom stereocenters. The number of hydrogen-bond acceptors (Lipinski definition) is 3. The summed E-state index contributed by atoms with van der Waals surface area (Å²) in [6.07, 6.45) is 2.32. The monoisotopic (exact) mass is 206 g/mol. The van der Waals surface area contributed by atoms with Crippen LogP contribution in [0.3, 0.4) is 0 Å². The molecule has 1 saturated carbocycles. The lowest BCUT2D eigenvalue weighted by atomic mass is 10.0. The van der Waals surface area contributed by atoms with Crippen LogP contribution >= 0.6 is 0 Å². The number of nitrogens with two attached hydrogens (primary N) is 1. The average molecular weight is 206 g/mol. The number of aromatic amines is 1. The highest BCUT2D eigenvalue weighted by Gasteiger charge is 2.27. The van der Waals surface area contributed by atoms with E-state index in [9.17, 15) is 4.79 Å². The van der Waals surface area contributed by atoms with Crippen molar-refractivity contribution in [3.8, 4) is 0 Å². The molecule has 0 amide bonds. The van der Waals surface area contributed by atoms with Gasteiger partial charge in [-0.15, -0.1) is 0 Å². The summed E-state index contributed by atoms with van der Waals surface area (Å²) >= 11 is 0. The molecular formula is C10H14N4O. The van der Waals surface area contributed by atoms with Crippen LogP contribution in [0.2, 0.25) is 0 Å². The maximum absolute atomic E-state index is 11.7. The van der Waals surface area contributed by atoms with Crippen molar-refractivity contribution >= 4 is 0 Å². The Hall–Kier alpha value is -1.65. The molecule has 3 N–H and O–H groups in total. The van der Waals surface area contributed by atoms with Crippen molar-refractivity contribution in [2.75, 3.05) is 0 Å². The Balaban J connectivity index is 2.44. The van der Waals surface area contributed by atoms with Crippen LogP contribution in [0.5, 0.6) is 0 Å². The zero-order chi connectivity index (χ0) is 10.8. The zero-order valence-corrected chi connectivity index (χ0v) is 8.66. The topological polar surface area (TPSA) is 83.6 Å². The van der Waals surface area contributed by atoms with Gasteiger partial charge in [0.25, 0.3) is 5.56 Å². The van der Waals surface area contributed by atoms with Crippen LogP contribution in [0.25, 0.3) is 0 Å². The zero-order valence-electron chi connectivity index (χ0n) is 8.66. The van der Waals surface area contributed by atoms with Crippen LogP contribution < -0.4 is 11.4 Å². The molecule has 0 saturated heterocycles. The van der Waals surface area contributed by atoms with E-state index in [4.69, 9.17) is 5.84 Å². The molecule has 5 heteroatoms. The summed E-state index contributed by atoms with van der Waals surface area (Å²) < 4.78 is 0. The number of rotatable bonds is 3. The molecule has 1 aromatic heterocycles. The number of aryl methyl sites for hydroxylation is 1. The van der Waals surface area contributed by atoms with Gasteiger partial charge in [-0.2, -0.15) is 5.11 Å². The van der Waals surface area contributed by atoms with E-state index in [1.807, 2.05) is 13.0 Å². The summed E-state index contributed by atoms with van der Waals surface area (Å²) in [5.41, 5.74) is 2.65. The van der Waals surface area contributed by atoms with Gasteiger partial charge in [-0.1, -0.05) is 5.22 Å². The van der Waals surface area contributed by atoms with Crippen molar-refractivity contribution in [1.82, 2.24) is 4.98 Å². The normalized spacial score (nSPS) is 16.1. The van der Waals surface area contributed by atoms with E-state index in [0.717, 1.165) is 24.1 Å². The first-order valence-corrected chi connectivity index (χ1v) is 5.01. The number of H-pyrrole nitrogens is 1. The maximum atomic E-state index is 11.7. The van der Waals surface area contributed by atoms with E-state index in [1.54, 1.807) is 0 Å². The third-order valence-corrected chi connectivity index (χ3v) is 2.63. The molecule has 1 heterocycles. The van der Waals surface area contributed by atoms with Gasteiger partial charge < -0.3 is 10.8 Å². The first-order chi connectivity index (χ1) is 7.22. The summed E-state index contributed by atoms with van der Waals surface area (Å²) in [5.74, 6) is 5.48. The molecule has 1 aromatic rings. The van der Waals surface area contributed by atoms with Crippen molar-refractivity contribution in [2.24, 2.45) is 16.2 Å². The second-order valence-electron chi connectivity index (χ2n) is 3.90. The Bertz CT molecular complexity index is 445. The molecule has 0 atom stereocenters. The smallest absolute Gasteiger partial charge is 0.253 e. The van der Waals surface area contributed by atoms with Crippen LogP contribution in [0.1, 0.15) is 35.6 Å². The predicted octanol–water partition coefficient (Wildman–Crippen LogP) is 1.39. The van der Waals surface area contributed by atoms with Crippen LogP contribution in [0.4, 0.5) is 0 Å². The van der Waals surface area contributed by atoms with E-state index in [1.165, 1.54) is 0 Å². The first-order valence-electron chi connectivity index (χ1n) is 5.01. The fraction of sp³-hybridized carbons (Fsp3) is 0.500. The van der Waals surface area contributed by atoms with Crippen LogP contribution in [0, 0.1) is 6.92 Å². The molecule has 0 bridgehead atoms. The minimum absolute atomic E-state index is 0.0655. The fourth-order valence-electron chi connectivity index (χ4n) is 1.78. The summed E-state index contributed by atoms with van der Waals surface area (Å²) in [6, 6.07) is 2.03. The Morgan fingerprint density at radius 3 is 2.93 bits per heavy atom. The van der Waals surface area contributed by atoms with E-state index in [2.05, 4.69) is 15.3 Å². The molecule has 0 aliphatic heterocycles. The molecule has 0 spiro atoms. The van der Waals surface area contributed by atoms with Gasteiger partial charge >= 0.3 is 0 Å². The molecule has 0 radical (unpaired) electrons. The molecule has 80 valence electrons. The number of nitrogens with one attached hydrogen (secondary N) is 1. The van der Waals surface area contributed by atoms with Crippen molar-refractivity contribution in [3.05, 3.63) is 33.2 Å². The molecule has 5 nitrogen and oxygen atoms in total. The summed E-state index contributed by atoms with van der Waals surface area (Å²) in [5, 5.41) is 6.87. The van der Waals surface area contributed by atoms with Crippen LogP contribution in [0.15, 0.2) is 21.2 Å². The first kappa shape index (κ1) is 9.89. The molecule has 2 rings (SSSR count). The SMILES string of the molecule is Cc1cc(C2CC2)c(CN=NN)c(=O)[nH]1. The van der Waals surface area contributed by atoms with Crippen molar-refractivity contribution in [2.45, 2.75) is 32.2 Å². The summed E-state index contributed by atoms with van der Waals surface area (Å²) in [7, 11) is 0. The molecule has 1 aliphatic carbocycles. The highest BCUT2D eigenvalue weighted by atomic mass is 16.1. The Morgan fingerprint density at radius 1 is 1.60 bits per heavy atom. The Morgan fingerprint density at radius 2 is 2.33 bits per heavy atom. The minimum Gasteiger partial charge on any atom is -0.326 e. The minimum atomic E-state index is -0.0655. The highest BCUT2D eigenvalue weighted by molar-refractivity contribution is 5.32. The van der Waals surface area contributed by atoms with Gasteiger partial charge in [0.15, 0.2) is 0 Å². The fourth-order valence-corrected chi connectivity index (χ4v) is 1.78. The van der Waals surface area contributed by atoms with Crippen molar-refractivity contribution in [3.63, 3.8) is 0 Å². The van der Waals surface area contributed by atoms with E-state index >= 15 is 0 Å². The van der Waals surface area contributed by atoms with E-state index in [-0.39, 0.29) is 12.1 Å². The lowest BCUT2D eigenvalue weighted by molar-refractivity contribution is 0.854. The van der Waals surface area contributed by atoms with Crippen LogP contribution in [-0.2, 0) is 6.54 Å². The number of pyridine rings is 1. The van der Waals surface area contributed by atoms with E-state index in [0.29, 0.717) is 11.5 Å². The third kappa shape index (κ3) is 2.06. The van der Waals surface area contributed by atoms with Gasteiger partial charge in [0.2, 0.25) is 0 Å². The molecule has 1 fully saturated rings. The Kier molecular flexibility index (Phi) is 2.53. The van der Waals surface area contributed by atoms with Gasteiger partial charge in [-0.3, -0.25) is 4.79 Å². The van der Waals surface area contributed by atoms with E-state index < -0.39 is 0 Å². The second kappa shape index (κ2) is 3.84. The van der Waals surface area contributed by atoms with Gasteiger partial charge in [0, 0.05) is 11.3 Å². The van der Waals surface area contributed by atoms with Gasteiger partial charge in [-0.25, -0.2) is 0 Å². The Labute approximate surface area is 87.4 Å². The maximum Gasteiger partial charge on any atom is 0.253 e. The van der Waals surface area contributed by atoms with Crippen molar-refractivity contribution in [1.29, 1.82) is 0 Å². The summed E-state index contributed by atoms with van der Waals surface area (Å²) in [6.45, 7) is 2.17. The van der Waals surface area contributed by atoms with Gasteiger partial charge in [0.05, 0.1) is 6.54 Å². The highest BCUT2D eigenvalue weighted by Crippen LogP contribution is 2.41. The number of hydrogen-bond donors (Lipinski definition) is 2.